The lowest BCUT2D eigenvalue weighted by molar-refractivity contribution is 0.0701. The van der Waals surface area contributed by atoms with E-state index in [-0.39, 0.29) is 6.04 Å². The standard InChI is InChI=1S/C14H19N3O3S/c1-5-17(8(2)6-20-4)12-10-9(3)11(14(18)19)21-13(10)16-7-15-12/h7-8H,5-6H2,1-4H3,(H,18,19). The van der Waals surface area contributed by atoms with Crippen LogP contribution in [0.2, 0.25) is 0 Å². The number of aromatic nitrogens is 2. The Morgan fingerprint density at radius 2 is 2.24 bits per heavy atom. The van der Waals surface area contributed by atoms with Crippen LogP contribution in [0.1, 0.15) is 29.1 Å². The van der Waals surface area contributed by atoms with Crippen molar-refractivity contribution in [1.29, 1.82) is 0 Å². The Morgan fingerprint density at radius 3 is 2.81 bits per heavy atom. The van der Waals surface area contributed by atoms with Gasteiger partial charge in [-0.05, 0) is 26.3 Å². The number of rotatable bonds is 6. The van der Waals surface area contributed by atoms with Crippen LogP contribution in [0.4, 0.5) is 5.82 Å². The van der Waals surface area contributed by atoms with E-state index >= 15 is 0 Å². The van der Waals surface area contributed by atoms with Crippen LogP contribution in [-0.4, -0.2) is 47.3 Å². The first-order valence-electron chi connectivity index (χ1n) is 6.74. The first-order chi connectivity index (χ1) is 10.0. The number of carboxylic acid groups (broad SMARTS) is 1. The summed E-state index contributed by atoms with van der Waals surface area (Å²) in [6.07, 6.45) is 1.49. The van der Waals surface area contributed by atoms with E-state index in [9.17, 15) is 9.90 Å². The molecular formula is C14H19N3O3S. The van der Waals surface area contributed by atoms with Crippen LogP contribution in [0, 0.1) is 6.92 Å². The molecule has 1 unspecified atom stereocenters. The zero-order chi connectivity index (χ0) is 15.6. The van der Waals surface area contributed by atoms with Crippen LogP contribution < -0.4 is 4.90 Å². The van der Waals surface area contributed by atoms with Gasteiger partial charge >= 0.3 is 5.97 Å². The molecule has 0 saturated heterocycles. The number of carbonyl (C=O) groups is 1. The molecular weight excluding hydrogens is 290 g/mol. The number of anilines is 1. The molecule has 2 rings (SSSR count). The molecule has 0 aliphatic carbocycles. The Bertz CT molecular complexity index is 656. The number of ether oxygens (including phenoxy) is 1. The number of fused-ring (bicyclic) bond motifs is 1. The van der Waals surface area contributed by atoms with Gasteiger partial charge in [-0.25, -0.2) is 14.8 Å². The summed E-state index contributed by atoms with van der Waals surface area (Å²) in [6.45, 7) is 7.24. The summed E-state index contributed by atoms with van der Waals surface area (Å²) < 4.78 is 5.22. The number of aromatic carboxylic acids is 1. The van der Waals surface area contributed by atoms with E-state index in [0.717, 1.165) is 23.3 Å². The number of nitrogens with zero attached hydrogens (tertiary/aromatic N) is 3. The van der Waals surface area contributed by atoms with E-state index in [0.29, 0.717) is 16.3 Å². The van der Waals surface area contributed by atoms with Crippen molar-refractivity contribution in [3.8, 4) is 0 Å². The minimum absolute atomic E-state index is 0.144. The average Bonchev–Trinajstić information content (AvgIpc) is 2.78. The fourth-order valence-electron chi connectivity index (χ4n) is 2.48. The van der Waals surface area contributed by atoms with Crippen molar-refractivity contribution in [2.24, 2.45) is 0 Å². The second-order valence-electron chi connectivity index (χ2n) is 4.83. The predicted molar refractivity (Wildman–Crippen MR) is 83.5 cm³/mol. The topological polar surface area (TPSA) is 75.6 Å². The lowest BCUT2D eigenvalue weighted by Gasteiger charge is -2.29. The van der Waals surface area contributed by atoms with E-state index in [1.807, 2.05) is 13.8 Å². The normalized spacial score (nSPS) is 12.6. The summed E-state index contributed by atoms with van der Waals surface area (Å²) in [5, 5.41) is 10.1. The van der Waals surface area contributed by atoms with Crippen molar-refractivity contribution in [2.45, 2.75) is 26.8 Å². The SMILES string of the molecule is CCN(c1ncnc2sc(C(=O)O)c(C)c12)C(C)COC. The van der Waals surface area contributed by atoms with Gasteiger partial charge in [-0.3, -0.25) is 0 Å². The summed E-state index contributed by atoms with van der Waals surface area (Å²) in [5.41, 5.74) is 0.723. The molecule has 0 aliphatic rings. The number of hydrogen-bond donors (Lipinski definition) is 1. The van der Waals surface area contributed by atoms with Crippen LogP contribution in [-0.2, 0) is 4.74 Å². The van der Waals surface area contributed by atoms with Gasteiger partial charge in [-0.15, -0.1) is 11.3 Å². The van der Waals surface area contributed by atoms with Gasteiger partial charge in [0.25, 0.3) is 0 Å². The highest BCUT2D eigenvalue weighted by Crippen LogP contribution is 2.35. The average molecular weight is 309 g/mol. The zero-order valence-electron chi connectivity index (χ0n) is 12.6. The molecule has 0 saturated carbocycles. The van der Waals surface area contributed by atoms with E-state index in [1.165, 1.54) is 17.7 Å². The molecule has 1 N–H and O–H groups in total. The molecule has 2 aromatic heterocycles. The van der Waals surface area contributed by atoms with Gasteiger partial charge in [-0.1, -0.05) is 0 Å². The molecule has 0 amide bonds. The lowest BCUT2D eigenvalue weighted by Crippen LogP contribution is -2.36. The Morgan fingerprint density at radius 1 is 1.52 bits per heavy atom. The van der Waals surface area contributed by atoms with Crippen molar-refractivity contribution < 1.29 is 14.6 Å². The monoisotopic (exact) mass is 309 g/mol. The number of aryl methyl sites for hydroxylation is 1. The first-order valence-corrected chi connectivity index (χ1v) is 7.55. The van der Waals surface area contributed by atoms with E-state index in [4.69, 9.17) is 4.74 Å². The third-order valence-electron chi connectivity index (χ3n) is 3.45. The molecule has 7 heteroatoms. The van der Waals surface area contributed by atoms with Gasteiger partial charge in [0, 0.05) is 13.7 Å². The number of likely N-dealkylation sites (N-methyl/N-ethyl adjacent to an activating group) is 1. The molecule has 0 aliphatic heterocycles. The maximum absolute atomic E-state index is 11.3. The Balaban J connectivity index is 2.60. The fourth-order valence-corrected chi connectivity index (χ4v) is 3.46. The van der Waals surface area contributed by atoms with Crippen molar-refractivity contribution in [3.05, 3.63) is 16.8 Å². The molecule has 2 aromatic rings. The summed E-state index contributed by atoms with van der Waals surface area (Å²) in [5.74, 6) is -0.150. The smallest absolute Gasteiger partial charge is 0.346 e. The molecule has 114 valence electrons. The maximum atomic E-state index is 11.3. The number of hydrogen-bond acceptors (Lipinski definition) is 6. The zero-order valence-corrected chi connectivity index (χ0v) is 13.4. The predicted octanol–water partition coefficient (Wildman–Crippen LogP) is 2.56. The van der Waals surface area contributed by atoms with Crippen LogP contribution in [0.5, 0.6) is 0 Å². The molecule has 0 aromatic carbocycles. The largest absolute Gasteiger partial charge is 0.477 e. The highest BCUT2D eigenvalue weighted by molar-refractivity contribution is 7.20. The first kappa shape index (κ1) is 15.7. The van der Waals surface area contributed by atoms with E-state index in [1.54, 1.807) is 7.11 Å². The molecule has 6 nitrogen and oxygen atoms in total. The summed E-state index contributed by atoms with van der Waals surface area (Å²) in [4.78, 5) is 23.0. The molecule has 0 radical (unpaired) electrons. The van der Waals surface area contributed by atoms with Crippen LogP contribution >= 0.6 is 11.3 Å². The second kappa shape index (κ2) is 6.36. The summed E-state index contributed by atoms with van der Waals surface area (Å²) in [7, 11) is 1.66. The number of thiophene rings is 1. The molecule has 1 atom stereocenters. The van der Waals surface area contributed by atoms with Crippen LogP contribution in [0.3, 0.4) is 0 Å². The third kappa shape index (κ3) is 2.84. The van der Waals surface area contributed by atoms with Crippen molar-refractivity contribution >= 4 is 33.3 Å². The fraction of sp³-hybridized carbons (Fsp3) is 0.500. The molecule has 2 heterocycles. The summed E-state index contributed by atoms with van der Waals surface area (Å²) >= 11 is 1.19. The van der Waals surface area contributed by atoms with Crippen molar-refractivity contribution in [1.82, 2.24) is 9.97 Å². The molecule has 21 heavy (non-hydrogen) atoms. The lowest BCUT2D eigenvalue weighted by atomic mass is 10.1. The van der Waals surface area contributed by atoms with Crippen molar-refractivity contribution in [2.75, 3.05) is 25.2 Å². The highest BCUT2D eigenvalue weighted by Gasteiger charge is 2.23. The van der Waals surface area contributed by atoms with Crippen LogP contribution in [0.25, 0.3) is 10.2 Å². The molecule has 0 spiro atoms. The van der Waals surface area contributed by atoms with E-state index in [2.05, 4.69) is 21.8 Å². The van der Waals surface area contributed by atoms with Crippen molar-refractivity contribution in [3.63, 3.8) is 0 Å². The molecule has 0 bridgehead atoms. The molecule has 0 fully saturated rings. The number of carboxylic acids is 1. The highest BCUT2D eigenvalue weighted by atomic mass is 32.1. The Labute approximate surface area is 127 Å². The van der Waals surface area contributed by atoms with Crippen LogP contribution in [0.15, 0.2) is 6.33 Å². The van der Waals surface area contributed by atoms with Gasteiger partial charge in [-0.2, -0.15) is 0 Å². The van der Waals surface area contributed by atoms with Gasteiger partial charge in [0.1, 0.15) is 21.9 Å². The Kier molecular flexibility index (Phi) is 4.74. The minimum atomic E-state index is -0.922. The van der Waals surface area contributed by atoms with Gasteiger partial charge in [0.05, 0.1) is 18.0 Å². The minimum Gasteiger partial charge on any atom is -0.477 e. The maximum Gasteiger partial charge on any atom is 0.346 e. The van der Waals surface area contributed by atoms with Gasteiger partial charge < -0.3 is 14.7 Å². The van der Waals surface area contributed by atoms with E-state index < -0.39 is 5.97 Å². The van der Waals surface area contributed by atoms with Gasteiger partial charge in [0.2, 0.25) is 0 Å². The number of methoxy groups -OCH3 is 1. The third-order valence-corrected chi connectivity index (χ3v) is 4.64. The quantitative estimate of drug-likeness (QED) is 0.884. The summed E-state index contributed by atoms with van der Waals surface area (Å²) in [6, 6.07) is 0.144. The Hall–Kier alpha value is -1.73. The second-order valence-corrected chi connectivity index (χ2v) is 5.83. The van der Waals surface area contributed by atoms with Gasteiger partial charge in [0.15, 0.2) is 0 Å².